The van der Waals surface area contributed by atoms with Gasteiger partial charge >= 0.3 is 0 Å². The Bertz CT molecular complexity index is 297. The molecule has 3 nitrogen and oxygen atoms in total. The molecule has 0 spiro atoms. The van der Waals surface area contributed by atoms with Gasteiger partial charge in [0.1, 0.15) is 0 Å². The van der Waals surface area contributed by atoms with Gasteiger partial charge in [-0.15, -0.1) is 0 Å². The van der Waals surface area contributed by atoms with E-state index in [1.165, 1.54) is 38.5 Å². The lowest BCUT2D eigenvalue weighted by atomic mass is 9.91. The van der Waals surface area contributed by atoms with Crippen LogP contribution in [-0.4, -0.2) is 36.5 Å². The minimum absolute atomic E-state index is 0.415. The van der Waals surface area contributed by atoms with Crippen LogP contribution in [0.4, 0.5) is 0 Å². The molecule has 1 aliphatic heterocycles. The van der Waals surface area contributed by atoms with Gasteiger partial charge in [0.15, 0.2) is 0 Å². The van der Waals surface area contributed by atoms with Gasteiger partial charge in [-0.05, 0) is 37.6 Å². The van der Waals surface area contributed by atoms with Crippen LogP contribution in [0.3, 0.4) is 0 Å². The number of nitrogens with zero attached hydrogens (tertiary/aromatic N) is 1. The van der Waals surface area contributed by atoms with E-state index in [4.69, 9.17) is 0 Å². The zero-order valence-corrected chi connectivity index (χ0v) is 13.4. The van der Waals surface area contributed by atoms with Crippen molar-refractivity contribution in [1.82, 2.24) is 10.2 Å². The Balaban J connectivity index is 1.78. The first-order valence-electron chi connectivity index (χ1n) is 8.72. The van der Waals surface area contributed by atoms with Gasteiger partial charge < -0.3 is 10.2 Å². The number of rotatable bonds is 4. The molecule has 116 valence electrons. The fourth-order valence-electron chi connectivity index (χ4n) is 3.88. The van der Waals surface area contributed by atoms with Crippen LogP contribution < -0.4 is 5.32 Å². The number of carbonyl (C=O) groups is 1. The third kappa shape index (κ3) is 4.47. The summed E-state index contributed by atoms with van der Waals surface area (Å²) in [4.78, 5) is 14.6. The maximum atomic E-state index is 12.5. The summed E-state index contributed by atoms with van der Waals surface area (Å²) >= 11 is 0. The standard InChI is InChI=1S/C17H32N2O/c1-3-18-16-10-11-19(13-14(16)2)17(20)12-15-8-6-4-5-7-9-15/h14-16,18H,3-13H2,1-2H3. The number of hydrogen-bond acceptors (Lipinski definition) is 2. The summed E-state index contributed by atoms with van der Waals surface area (Å²) in [5.41, 5.74) is 0. The number of amides is 1. The summed E-state index contributed by atoms with van der Waals surface area (Å²) in [6, 6.07) is 0.599. The monoisotopic (exact) mass is 280 g/mol. The van der Waals surface area contributed by atoms with Crippen LogP contribution in [0.2, 0.25) is 0 Å². The zero-order chi connectivity index (χ0) is 14.4. The zero-order valence-electron chi connectivity index (χ0n) is 13.4. The van der Waals surface area contributed by atoms with Gasteiger partial charge in [-0.25, -0.2) is 0 Å². The summed E-state index contributed by atoms with van der Waals surface area (Å²) in [5.74, 6) is 1.66. The third-order valence-corrected chi connectivity index (χ3v) is 5.16. The van der Waals surface area contributed by atoms with Crippen LogP contribution >= 0.6 is 0 Å². The van der Waals surface area contributed by atoms with E-state index in [0.717, 1.165) is 32.5 Å². The Labute approximate surface area is 124 Å². The Hall–Kier alpha value is -0.570. The highest BCUT2D eigenvalue weighted by molar-refractivity contribution is 5.76. The maximum Gasteiger partial charge on any atom is 0.222 e. The lowest BCUT2D eigenvalue weighted by Gasteiger charge is -2.38. The largest absolute Gasteiger partial charge is 0.342 e. The van der Waals surface area contributed by atoms with E-state index in [9.17, 15) is 4.79 Å². The van der Waals surface area contributed by atoms with E-state index < -0.39 is 0 Å². The average Bonchev–Trinajstić information content (AvgIpc) is 2.70. The van der Waals surface area contributed by atoms with Crippen LogP contribution in [0.5, 0.6) is 0 Å². The second kappa shape index (κ2) is 8.02. The highest BCUT2D eigenvalue weighted by atomic mass is 16.2. The predicted molar refractivity (Wildman–Crippen MR) is 83.6 cm³/mol. The number of likely N-dealkylation sites (tertiary alicyclic amines) is 1. The average molecular weight is 280 g/mol. The predicted octanol–water partition coefficient (Wildman–Crippen LogP) is 3.19. The molecular weight excluding hydrogens is 248 g/mol. The van der Waals surface area contributed by atoms with E-state index in [2.05, 4.69) is 24.1 Å². The van der Waals surface area contributed by atoms with Crippen molar-refractivity contribution in [3.05, 3.63) is 0 Å². The molecule has 2 rings (SSSR count). The summed E-state index contributed by atoms with van der Waals surface area (Å²) in [6.45, 7) is 7.37. The van der Waals surface area contributed by atoms with Crippen LogP contribution in [-0.2, 0) is 4.79 Å². The topological polar surface area (TPSA) is 32.3 Å². The molecule has 2 aliphatic rings. The molecule has 1 aliphatic carbocycles. The highest BCUT2D eigenvalue weighted by Crippen LogP contribution is 2.27. The molecule has 1 saturated carbocycles. The molecule has 2 atom stereocenters. The van der Waals surface area contributed by atoms with Crippen LogP contribution in [0.1, 0.15) is 65.2 Å². The number of carbonyl (C=O) groups excluding carboxylic acids is 1. The molecule has 0 aromatic carbocycles. The number of hydrogen-bond donors (Lipinski definition) is 1. The fourth-order valence-corrected chi connectivity index (χ4v) is 3.88. The second-order valence-corrected chi connectivity index (χ2v) is 6.83. The lowest BCUT2D eigenvalue weighted by molar-refractivity contribution is -0.134. The molecule has 0 bridgehead atoms. The van der Waals surface area contributed by atoms with Gasteiger partial charge in [-0.3, -0.25) is 4.79 Å². The molecule has 1 amide bonds. The first-order chi connectivity index (χ1) is 9.70. The van der Waals surface area contributed by atoms with Crippen LogP contribution in [0.25, 0.3) is 0 Å². The van der Waals surface area contributed by atoms with Crippen LogP contribution in [0, 0.1) is 11.8 Å². The minimum atomic E-state index is 0.415. The van der Waals surface area contributed by atoms with Crippen molar-refractivity contribution >= 4 is 5.91 Å². The normalized spacial score (nSPS) is 29.2. The Morgan fingerprint density at radius 3 is 2.45 bits per heavy atom. The molecule has 1 heterocycles. The second-order valence-electron chi connectivity index (χ2n) is 6.83. The van der Waals surface area contributed by atoms with Gasteiger partial charge in [0.05, 0.1) is 0 Å². The van der Waals surface area contributed by atoms with Crippen molar-refractivity contribution in [3.8, 4) is 0 Å². The summed E-state index contributed by atoms with van der Waals surface area (Å²) in [6.07, 6.45) is 9.87. The van der Waals surface area contributed by atoms with E-state index in [1.54, 1.807) is 0 Å². The molecule has 2 unspecified atom stereocenters. The highest BCUT2D eigenvalue weighted by Gasteiger charge is 2.29. The molecule has 0 radical (unpaired) electrons. The van der Waals surface area contributed by atoms with Crippen molar-refractivity contribution in [2.24, 2.45) is 11.8 Å². The van der Waals surface area contributed by atoms with E-state index in [0.29, 0.717) is 23.8 Å². The molecule has 0 aromatic heterocycles. The third-order valence-electron chi connectivity index (χ3n) is 5.16. The van der Waals surface area contributed by atoms with Crippen molar-refractivity contribution in [3.63, 3.8) is 0 Å². The Kier molecular flexibility index (Phi) is 6.34. The van der Waals surface area contributed by atoms with Gasteiger partial charge in [0, 0.05) is 25.6 Å². The Morgan fingerprint density at radius 1 is 1.15 bits per heavy atom. The molecule has 3 heteroatoms. The van der Waals surface area contributed by atoms with Gasteiger partial charge in [-0.1, -0.05) is 39.5 Å². The number of piperidine rings is 1. The molecular formula is C17H32N2O. The van der Waals surface area contributed by atoms with Gasteiger partial charge in [-0.2, -0.15) is 0 Å². The summed E-state index contributed by atoms with van der Waals surface area (Å²) < 4.78 is 0. The minimum Gasteiger partial charge on any atom is -0.342 e. The summed E-state index contributed by atoms with van der Waals surface area (Å²) in [5, 5.41) is 3.55. The molecule has 2 fully saturated rings. The van der Waals surface area contributed by atoms with Gasteiger partial charge in [0.2, 0.25) is 5.91 Å². The lowest BCUT2D eigenvalue weighted by Crippen LogP contribution is -2.50. The summed E-state index contributed by atoms with van der Waals surface area (Å²) in [7, 11) is 0. The molecule has 1 saturated heterocycles. The first-order valence-corrected chi connectivity index (χ1v) is 8.72. The van der Waals surface area contributed by atoms with Crippen molar-refractivity contribution < 1.29 is 4.79 Å². The van der Waals surface area contributed by atoms with E-state index >= 15 is 0 Å². The van der Waals surface area contributed by atoms with E-state index in [1.807, 2.05) is 0 Å². The van der Waals surface area contributed by atoms with Crippen LogP contribution in [0.15, 0.2) is 0 Å². The first kappa shape index (κ1) is 15.8. The Morgan fingerprint density at radius 2 is 1.85 bits per heavy atom. The molecule has 0 aromatic rings. The molecule has 20 heavy (non-hydrogen) atoms. The molecule has 1 N–H and O–H groups in total. The quantitative estimate of drug-likeness (QED) is 0.802. The van der Waals surface area contributed by atoms with Crippen molar-refractivity contribution in [2.75, 3.05) is 19.6 Å². The van der Waals surface area contributed by atoms with Gasteiger partial charge in [0.25, 0.3) is 0 Å². The van der Waals surface area contributed by atoms with E-state index in [-0.39, 0.29) is 0 Å². The fraction of sp³-hybridized carbons (Fsp3) is 0.941. The number of nitrogens with one attached hydrogen (secondary N) is 1. The maximum absolute atomic E-state index is 12.5. The smallest absolute Gasteiger partial charge is 0.222 e. The van der Waals surface area contributed by atoms with Crippen molar-refractivity contribution in [1.29, 1.82) is 0 Å². The van der Waals surface area contributed by atoms with Crippen molar-refractivity contribution in [2.45, 2.75) is 71.3 Å². The SMILES string of the molecule is CCNC1CCN(C(=O)CC2CCCCCC2)CC1C.